The van der Waals surface area contributed by atoms with Gasteiger partial charge in [-0.1, -0.05) is 11.6 Å². The van der Waals surface area contributed by atoms with Gasteiger partial charge in [-0.05, 0) is 73.5 Å². The topological polar surface area (TPSA) is 24.5 Å². The quantitative estimate of drug-likeness (QED) is 0.768. The summed E-state index contributed by atoms with van der Waals surface area (Å²) < 4.78 is 5.60. The van der Waals surface area contributed by atoms with Gasteiger partial charge in [0.15, 0.2) is 0 Å². The number of fused-ring (bicyclic) bond motifs is 3. The van der Waals surface area contributed by atoms with Gasteiger partial charge in [-0.25, -0.2) is 0 Å². The van der Waals surface area contributed by atoms with Crippen LogP contribution in [0.5, 0.6) is 5.75 Å². The fraction of sp³-hybridized carbons (Fsp3) is 0.455. The van der Waals surface area contributed by atoms with Crippen molar-refractivity contribution in [3.63, 3.8) is 0 Å². The number of hydrogen-bond donors (Lipinski definition) is 1. The molecule has 5 heteroatoms. The van der Waals surface area contributed by atoms with Crippen LogP contribution in [0, 0.1) is 0 Å². The molecule has 2 aromatic rings. The Balaban J connectivity index is 1.62. The van der Waals surface area contributed by atoms with Gasteiger partial charge in [-0.3, -0.25) is 0 Å². The zero-order valence-corrected chi connectivity index (χ0v) is 17.2. The van der Waals surface area contributed by atoms with E-state index < -0.39 is 0 Å². The molecule has 2 aromatic carbocycles. The lowest BCUT2D eigenvalue weighted by Crippen LogP contribution is -2.44. The fourth-order valence-electron chi connectivity index (χ4n) is 4.87. The molecule has 0 saturated carbocycles. The highest BCUT2D eigenvalue weighted by Crippen LogP contribution is 2.51. The molecule has 27 heavy (non-hydrogen) atoms. The molecule has 3 aliphatic rings. The van der Waals surface area contributed by atoms with E-state index in [-0.39, 0.29) is 0 Å². The van der Waals surface area contributed by atoms with Gasteiger partial charge in [0, 0.05) is 35.5 Å². The minimum Gasteiger partial charge on any atom is -0.494 e. The summed E-state index contributed by atoms with van der Waals surface area (Å²) in [4.78, 5) is 4.14. The summed E-state index contributed by atoms with van der Waals surface area (Å²) in [7, 11) is 0. The van der Waals surface area contributed by atoms with E-state index in [0.717, 1.165) is 29.4 Å². The van der Waals surface area contributed by atoms with Crippen molar-refractivity contribution in [3.05, 3.63) is 40.9 Å². The molecule has 3 heterocycles. The van der Waals surface area contributed by atoms with Gasteiger partial charge in [0.25, 0.3) is 0 Å². The molecule has 0 radical (unpaired) electrons. The van der Waals surface area contributed by atoms with Crippen LogP contribution in [0.1, 0.15) is 31.2 Å². The lowest BCUT2D eigenvalue weighted by Gasteiger charge is -2.33. The van der Waals surface area contributed by atoms with Crippen molar-refractivity contribution < 1.29 is 4.74 Å². The Labute approximate surface area is 170 Å². The Morgan fingerprint density at radius 2 is 2.22 bits per heavy atom. The number of thioether (sulfide) groups is 1. The van der Waals surface area contributed by atoms with E-state index in [4.69, 9.17) is 16.3 Å². The first-order valence-corrected chi connectivity index (χ1v) is 11.3. The third-order valence-electron chi connectivity index (χ3n) is 6.00. The smallest absolute Gasteiger partial charge is 0.120 e. The molecule has 0 aromatic heterocycles. The lowest BCUT2D eigenvalue weighted by atomic mass is 9.88. The predicted molar refractivity (Wildman–Crippen MR) is 115 cm³/mol. The van der Waals surface area contributed by atoms with Crippen molar-refractivity contribution in [3.8, 4) is 16.9 Å². The molecule has 3 aliphatic heterocycles. The Morgan fingerprint density at radius 3 is 3.07 bits per heavy atom. The fourth-order valence-corrected chi connectivity index (χ4v) is 6.22. The van der Waals surface area contributed by atoms with Gasteiger partial charge in [-0.2, -0.15) is 0 Å². The number of halogens is 1. The van der Waals surface area contributed by atoms with Gasteiger partial charge in [0.1, 0.15) is 5.75 Å². The first-order valence-electron chi connectivity index (χ1n) is 9.97. The number of nitrogens with one attached hydrogen (secondary N) is 1. The van der Waals surface area contributed by atoms with E-state index in [0.29, 0.717) is 18.6 Å². The van der Waals surface area contributed by atoms with Gasteiger partial charge in [0.05, 0.1) is 17.3 Å². The van der Waals surface area contributed by atoms with Crippen LogP contribution in [0.25, 0.3) is 11.1 Å². The maximum atomic E-state index is 6.65. The molecule has 0 spiro atoms. The van der Waals surface area contributed by atoms with Crippen LogP contribution < -0.4 is 15.0 Å². The molecule has 1 N–H and O–H groups in total. The van der Waals surface area contributed by atoms with Gasteiger partial charge < -0.3 is 15.0 Å². The molecule has 142 valence electrons. The first-order chi connectivity index (χ1) is 13.3. The normalized spacial score (nSPS) is 23.6. The van der Waals surface area contributed by atoms with Crippen LogP contribution in [-0.4, -0.2) is 38.0 Å². The number of benzene rings is 2. The Bertz CT molecular complexity index is 872. The number of ether oxygens (including phenoxy) is 1. The molecular formula is C22H25ClN2OS. The van der Waals surface area contributed by atoms with E-state index in [1.807, 2.05) is 30.8 Å². The second-order valence-corrected chi connectivity index (χ2v) is 9.09. The van der Waals surface area contributed by atoms with E-state index in [1.165, 1.54) is 46.8 Å². The van der Waals surface area contributed by atoms with Gasteiger partial charge in [-0.15, -0.1) is 11.8 Å². The van der Waals surface area contributed by atoms with Crippen molar-refractivity contribution in [1.29, 1.82) is 0 Å². The van der Waals surface area contributed by atoms with Crippen molar-refractivity contribution in [1.82, 2.24) is 5.32 Å². The second kappa shape index (κ2) is 7.23. The van der Waals surface area contributed by atoms with Gasteiger partial charge >= 0.3 is 0 Å². The SMILES string of the molecule is CCOc1ccc(-c2cc3c4c(c2)[C@@H]2CNCC[C@@H]2N4CCCS3)c(Cl)c1. The first kappa shape index (κ1) is 17.7. The summed E-state index contributed by atoms with van der Waals surface area (Å²) in [5, 5.41) is 4.38. The largest absolute Gasteiger partial charge is 0.494 e. The van der Waals surface area contributed by atoms with Crippen LogP contribution in [0.2, 0.25) is 5.02 Å². The summed E-state index contributed by atoms with van der Waals surface area (Å²) in [6.07, 6.45) is 2.50. The minimum absolute atomic E-state index is 0.590. The molecule has 2 atom stereocenters. The van der Waals surface area contributed by atoms with Crippen molar-refractivity contribution >= 4 is 29.1 Å². The number of rotatable bonds is 3. The van der Waals surface area contributed by atoms with Crippen LogP contribution in [0.15, 0.2) is 35.2 Å². The molecule has 0 bridgehead atoms. The van der Waals surface area contributed by atoms with E-state index in [9.17, 15) is 0 Å². The summed E-state index contributed by atoms with van der Waals surface area (Å²) >= 11 is 8.66. The highest BCUT2D eigenvalue weighted by Gasteiger charge is 2.41. The predicted octanol–water partition coefficient (Wildman–Crippen LogP) is 5.17. The average molecular weight is 401 g/mol. The molecule has 3 nitrogen and oxygen atoms in total. The highest BCUT2D eigenvalue weighted by molar-refractivity contribution is 7.99. The number of anilines is 1. The van der Waals surface area contributed by atoms with E-state index in [2.05, 4.69) is 28.4 Å². The Kier molecular flexibility index (Phi) is 4.75. The summed E-state index contributed by atoms with van der Waals surface area (Å²) in [6.45, 7) is 6.05. The van der Waals surface area contributed by atoms with Crippen LogP contribution in [-0.2, 0) is 0 Å². The van der Waals surface area contributed by atoms with Gasteiger partial charge in [0.2, 0.25) is 0 Å². The lowest BCUT2D eigenvalue weighted by molar-refractivity contribution is 0.340. The van der Waals surface area contributed by atoms with Crippen molar-refractivity contribution in [2.45, 2.75) is 36.6 Å². The van der Waals surface area contributed by atoms with Crippen molar-refractivity contribution in [2.24, 2.45) is 0 Å². The van der Waals surface area contributed by atoms with Crippen LogP contribution >= 0.6 is 23.4 Å². The Hall–Kier alpha value is -1.36. The third kappa shape index (κ3) is 3.02. The molecular weight excluding hydrogens is 376 g/mol. The maximum Gasteiger partial charge on any atom is 0.120 e. The summed E-state index contributed by atoms with van der Waals surface area (Å²) in [6, 6.07) is 11.5. The number of nitrogens with zero attached hydrogens (tertiary/aromatic N) is 1. The number of hydrogen-bond acceptors (Lipinski definition) is 4. The highest BCUT2D eigenvalue weighted by atomic mass is 35.5. The van der Waals surface area contributed by atoms with E-state index in [1.54, 1.807) is 0 Å². The minimum atomic E-state index is 0.590. The van der Waals surface area contributed by atoms with Crippen LogP contribution in [0.3, 0.4) is 0 Å². The average Bonchev–Trinajstić information content (AvgIpc) is 2.84. The summed E-state index contributed by atoms with van der Waals surface area (Å²) in [5.74, 6) is 2.62. The summed E-state index contributed by atoms with van der Waals surface area (Å²) in [5.41, 5.74) is 5.35. The molecule has 5 rings (SSSR count). The molecule has 1 saturated heterocycles. The zero-order chi connectivity index (χ0) is 18.4. The maximum absolute atomic E-state index is 6.65. The van der Waals surface area contributed by atoms with Crippen molar-refractivity contribution in [2.75, 3.05) is 36.9 Å². The second-order valence-electron chi connectivity index (χ2n) is 7.55. The monoisotopic (exact) mass is 400 g/mol. The molecule has 0 aliphatic carbocycles. The molecule has 0 amide bonds. The number of piperidine rings is 1. The van der Waals surface area contributed by atoms with E-state index >= 15 is 0 Å². The molecule has 0 unspecified atom stereocenters. The standard InChI is InChI=1S/C22H25ClN2OS/c1-2-26-15-4-5-16(19(23)12-15)14-10-17-18-13-24-7-6-20(18)25-8-3-9-27-21(11-14)22(17)25/h4-5,10-12,18,20,24H,2-3,6-9,13H2,1H3/t18-,20-/m0/s1. The van der Waals surface area contributed by atoms with Crippen LogP contribution in [0.4, 0.5) is 5.69 Å². The third-order valence-corrected chi connectivity index (χ3v) is 7.43. The Morgan fingerprint density at radius 1 is 1.30 bits per heavy atom. The zero-order valence-electron chi connectivity index (χ0n) is 15.6. The molecule has 1 fully saturated rings.